The van der Waals surface area contributed by atoms with Crippen LogP contribution in [0.15, 0.2) is 12.1 Å². The molecule has 3 heteroatoms. The van der Waals surface area contributed by atoms with Crippen LogP contribution in [-0.4, -0.2) is 12.6 Å². The summed E-state index contributed by atoms with van der Waals surface area (Å²) >= 11 is 1.85. The van der Waals surface area contributed by atoms with E-state index in [0.717, 1.165) is 13.1 Å². The molecule has 0 aromatic carbocycles. The van der Waals surface area contributed by atoms with Gasteiger partial charge in [-0.2, -0.15) is 0 Å². The highest BCUT2D eigenvalue weighted by Crippen LogP contribution is 2.14. The summed E-state index contributed by atoms with van der Waals surface area (Å²) in [5.41, 5.74) is 5.78. The first-order chi connectivity index (χ1) is 6.59. The van der Waals surface area contributed by atoms with Gasteiger partial charge in [0.15, 0.2) is 0 Å². The van der Waals surface area contributed by atoms with Crippen LogP contribution in [-0.2, 0) is 6.54 Å². The molecule has 1 rings (SSSR count). The Balaban J connectivity index is 2.22. The van der Waals surface area contributed by atoms with Gasteiger partial charge in [-0.15, -0.1) is 11.3 Å². The standard InChI is InChI=1S/C11H20N2S/c1-8(10(3)12)6-13-7-11-5-4-9(2)14-11/h4-5,8,10,13H,6-7,12H2,1-3H3. The van der Waals surface area contributed by atoms with Crippen molar-refractivity contribution >= 4 is 11.3 Å². The zero-order valence-electron chi connectivity index (χ0n) is 9.21. The predicted molar refractivity (Wildman–Crippen MR) is 63.6 cm³/mol. The van der Waals surface area contributed by atoms with Gasteiger partial charge in [-0.1, -0.05) is 6.92 Å². The molecule has 0 bridgehead atoms. The zero-order valence-corrected chi connectivity index (χ0v) is 10.0. The van der Waals surface area contributed by atoms with E-state index in [0.29, 0.717) is 5.92 Å². The molecule has 0 aliphatic rings. The second kappa shape index (κ2) is 5.49. The quantitative estimate of drug-likeness (QED) is 0.784. The first-order valence-electron chi connectivity index (χ1n) is 5.11. The van der Waals surface area contributed by atoms with Crippen molar-refractivity contribution in [2.75, 3.05) is 6.54 Å². The van der Waals surface area contributed by atoms with E-state index in [9.17, 15) is 0 Å². The molecule has 0 radical (unpaired) electrons. The summed E-state index contributed by atoms with van der Waals surface area (Å²) in [6.45, 7) is 8.34. The van der Waals surface area contributed by atoms with Crippen LogP contribution < -0.4 is 11.1 Å². The highest BCUT2D eigenvalue weighted by atomic mass is 32.1. The summed E-state index contributed by atoms with van der Waals surface area (Å²) in [5.74, 6) is 0.538. The van der Waals surface area contributed by atoms with Gasteiger partial charge in [-0.3, -0.25) is 0 Å². The number of hydrogen-bond donors (Lipinski definition) is 2. The van der Waals surface area contributed by atoms with E-state index < -0.39 is 0 Å². The number of thiophene rings is 1. The molecule has 0 aliphatic heterocycles. The first kappa shape index (κ1) is 11.7. The Kier molecular flexibility index (Phi) is 4.58. The third-order valence-corrected chi connectivity index (χ3v) is 3.46. The molecule has 3 N–H and O–H groups in total. The molecule has 0 aliphatic carbocycles. The highest BCUT2D eigenvalue weighted by molar-refractivity contribution is 7.11. The van der Waals surface area contributed by atoms with Crippen molar-refractivity contribution in [1.29, 1.82) is 0 Å². The van der Waals surface area contributed by atoms with Crippen LogP contribution in [0.3, 0.4) is 0 Å². The van der Waals surface area contributed by atoms with Crippen LogP contribution in [0.4, 0.5) is 0 Å². The fourth-order valence-corrected chi connectivity index (χ4v) is 2.05. The van der Waals surface area contributed by atoms with Gasteiger partial charge in [-0.05, 0) is 38.4 Å². The molecule has 80 valence electrons. The molecule has 1 aromatic heterocycles. The van der Waals surface area contributed by atoms with Gasteiger partial charge in [-0.25, -0.2) is 0 Å². The molecule has 0 saturated heterocycles. The minimum Gasteiger partial charge on any atom is -0.328 e. The topological polar surface area (TPSA) is 38.0 Å². The summed E-state index contributed by atoms with van der Waals surface area (Å²) in [6, 6.07) is 4.62. The second-order valence-corrected chi connectivity index (χ2v) is 5.35. The van der Waals surface area contributed by atoms with Gasteiger partial charge in [0, 0.05) is 22.3 Å². The van der Waals surface area contributed by atoms with Crippen LogP contribution in [0, 0.1) is 12.8 Å². The summed E-state index contributed by atoms with van der Waals surface area (Å²) in [7, 11) is 0. The monoisotopic (exact) mass is 212 g/mol. The SMILES string of the molecule is Cc1ccc(CNCC(C)C(C)N)s1. The highest BCUT2D eigenvalue weighted by Gasteiger charge is 2.06. The molecule has 1 aromatic rings. The zero-order chi connectivity index (χ0) is 10.6. The maximum atomic E-state index is 5.78. The minimum absolute atomic E-state index is 0.271. The van der Waals surface area contributed by atoms with E-state index in [1.165, 1.54) is 9.75 Å². The van der Waals surface area contributed by atoms with Crippen molar-refractivity contribution in [2.45, 2.75) is 33.4 Å². The van der Waals surface area contributed by atoms with Crippen LogP contribution in [0.1, 0.15) is 23.6 Å². The second-order valence-electron chi connectivity index (χ2n) is 3.98. The maximum Gasteiger partial charge on any atom is 0.0299 e. The van der Waals surface area contributed by atoms with E-state index in [4.69, 9.17) is 5.73 Å². The summed E-state index contributed by atoms with van der Waals surface area (Å²) in [6.07, 6.45) is 0. The van der Waals surface area contributed by atoms with Gasteiger partial charge in [0.1, 0.15) is 0 Å². The van der Waals surface area contributed by atoms with E-state index >= 15 is 0 Å². The first-order valence-corrected chi connectivity index (χ1v) is 5.93. The number of aryl methyl sites for hydroxylation is 1. The molecule has 0 spiro atoms. The lowest BCUT2D eigenvalue weighted by Crippen LogP contribution is -2.32. The smallest absolute Gasteiger partial charge is 0.0299 e. The fourth-order valence-electron chi connectivity index (χ4n) is 1.19. The Hall–Kier alpha value is -0.380. The van der Waals surface area contributed by atoms with Crippen LogP contribution in [0.25, 0.3) is 0 Å². The lowest BCUT2D eigenvalue weighted by atomic mass is 10.1. The molecule has 2 nitrogen and oxygen atoms in total. The predicted octanol–water partition coefficient (Wildman–Crippen LogP) is 2.13. The van der Waals surface area contributed by atoms with Gasteiger partial charge in [0.2, 0.25) is 0 Å². The number of nitrogens with one attached hydrogen (secondary N) is 1. The summed E-state index contributed by atoms with van der Waals surface area (Å²) in [4.78, 5) is 2.78. The Morgan fingerprint density at radius 3 is 2.64 bits per heavy atom. The average Bonchev–Trinajstić information content (AvgIpc) is 2.51. The Morgan fingerprint density at radius 1 is 1.43 bits per heavy atom. The lowest BCUT2D eigenvalue weighted by Gasteiger charge is -2.15. The van der Waals surface area contributed by atoms with E-state index in [-0.39, 0.29) is 6.04 Å². The Bertz CT molecular complexity index is 268. The van der Waals surface area contributed by atoms with Crippen molar-refractivity contribution in [1.82, 2.24) is 5.32 Å². The number of nitrogens with two attached hydrogens (primary N) is 1. The van der Waals surface area contributed by atoms with Gasteiger partial charge in [0.25, 0.3) is 0 Å². The minimum atomic E-state index is 0.271. The normalized spacial score (nSPS) is 15.4. The van der Waals surface area contributed by atoms with Crippen LogP contribution in [0.2, 0.25) is 0 Å². The summed E-state index contributed by atoms with van der Waals surface area (Å²) in [5, 5.41) is 3.43. The van der Waals surface area contributed by atoms with Crippen molar-refractivity contribution in [2.24, 2.45) is 11.7 Å². The van der Waals surface area contributed by atoms with Crippen LogP contribution in [0.5, 0.6) is 0 Å². The van der Waals surface area contributed by atoms with Crippen molar-refractivity contribution in [3.63, 3.8) is 0 Å². The molecule has 14 heavy (non-hydrogen) atoms. The largest absolute Gasteiger partial charge is 0.328 e. The van der Waals surface area contributed by atoms with Crippen molar-refractivity contribution in [3.05, 3.63) is 21.9 Å². The molecule has 2 atom stereocenters. The number of hydrogen-bond acceptors (Lipinski definition) is 3. The third kappa shape index (κ3) is 3.78. The van der Waals surface area contributed by atoms with E-state index in [1.54, 1.807) is 0 Å². The van der Waals surface area contributed by atoms with Gasteiger partial charge < -0.3 is 11.1 Å². The molecule has 0 fully saturated rings. The number of rotatable bonds is 5. The van der Waals surface area contributed by atoms with Crippen LogP contribution >= 0.6 is 11.3 Å². The Morgan fingerprint density at radius 2 is 2.14 bits per heavy atom. The third-order valence-electron chi connectivity index (χ3n) is 2.46. The van der Waals surface area contributed by atoms with E-state index in [2.05, 4.69) is 38.2 Å². The van der Waals surface area contributed by atoms with E-state index in [1.807, 2.05) is 11.3 Å². The van der Waals surface area contributed by atoms with Crippen molar-refractivity contribution in [3.8, 4) is 0 Å². The summed E-state index contributed by atoms with van der Waals surface area (Å²) < 4.78 is 0. The molecule has 0 amide bonds. The van der Waals surface area contributed by atoms with Gasteiger partial charge in [0.05, 0.1) is 0 Å². The molecular weight excluding hydrogens is 192 g/mol. The lowest BCUT2D eigenvalue weighted by molar-refractivity contribution is 0.446. The van der Waals surface area contributed by atoms with Crippen molar-refractivity contribution < 1.29 is 0 Å². The molecular formula is C11H20N2S. The fraction of sp³-hybridized carbons (Fsp3) is 0.636. The molecule has 1 heterocycles. The van der Waals surface area contributed by atoms with Gasteiger partial charge >= 0.3 is 0 Å². The average molecular weight is 212 g/mol. The molecule has 0 saturated carbocycles. The Labute approximate surface area is 90.5 Å². The molecule has 2 unspecified atom stereocenters. The maximum absolute atomic E-state index is 5.78.